The first kappa shape index (κ1) is 20.9. The van der Waals surface area contributed by atoms with E-state index in [1.54, 1.807) is 4.90 Å². The molecule has 27 heavy (non-hydrogen) atoms. The Kier molecular flexibility index (Phi) is 7.76. The van der Waals surface area contributed by atoms with Crippen molar-refractivity contribution in [2.45, 2.75) is 45.6 Å². The molecule has 1 aliphatic heterocycles. The van der Waals surface area contributed by atoms with E-state index in [4.69, 9.17) is 4.74 Å². The van der Waals surface area contributed by atoms with Crippen molar-refractivity contribution in [2.24, 2.45) is 5.92 Å². The van der Waals surface area contributed by atoms with Gasteiger partial charge in [-0.15, -0.1) is 0 Å². The molecule has 0 radical (unpaired) electrons. The molecule has 0 spiro atoms. The maximum atomic E-state index is 13.0. The number of likely N-dealkylation sites (tertiary alicyclic amines) is 1. The lowest BCUT2D eigenvalue weighted by molar-refractivity contribution is -0.154. The number of rotatable bonds is 7. The van der Waals surface area contributed by atoms with E-state index in [-0.39, 0.29) is 36.2 Å². The number of hydrogen-bond acceptors (Lipinski definition) is 4. The zero-order valence-electron chi connectivity index (χ0n) is 15.9. The fraction of sp³-hybridized carbons (Fsp3) is 0.550. The average molecular weight is 378 g/mol. The summed E-state index contributed by atoms with van der Waals surface area (Å²) in [5, 5.41) is 2.79. The van der Waals surface area contributed by atoms with Crippen LogP contribution in [0.3, 0.4) is 0 Å². The van der Waals surface area contributed by atoms with Crippen LogP contribution in [-0.4, -0.2) is 48.4 Å². The summed E-state index contributed by atoms with van der Waals surface area (Å²) in [6.45, 7) is 4.53. The van der Waals surface area contributed by atoms with Gasteiger partial charge >= 0.3 is 5.97 Å². The van der Waals surface area contributed by atoms with Crippen molar-refractivity contribution < 1.29 is 23.5 Å². The second-order valence-corrected chi connectivity index (χ2v) is 6.94. The topological polar surface area (TPSA) is 75.7 Å². The molecule has 1 N–H and O–H groups in total. The number of ether oxygens (including phenoxy) is 1. The SMILES string of the molecule is CCC[C@@H](C)NC(=O)COC(=O)C1CCN(C(=O)c2ccc(F)cc2)CC1. The summed E-state index contributed by atoms with van der Waals surface area (Å²) >= 11 is 0. The molecule has 148 valence electrons. The third-order valence-electron chi connectivity index (χ3n) is 4.68. The zero-order valence-corrected chi connectivity index (χ0v) is 15.9. The van der Waals surface area contributed by atoms with E-state index < -0.39 is 5.97 Å². The molecular formula is C20H27FN2O4. The smallest absolute Gasteiger partial charge is 0.309 e. The molecule has 0 aliphatic carbocycles. The summed E-state index contributed by atoms with van der Waals surface area (Å²) in [6.07, 6.45) is 2.82. The van der Waals surface area contributed by atoms with Crippen LogP contribution in [0.4, 0.5) is 4.39 Å². The lowest BCUT2D eigenvalue weighted by atomic mass is 9.96. The van der Waals surface area contributed by atoms with Gasteiger partial charge in [0.2, 0.25) is 0 Å². The van der Waals surface area contributed by atoms with Crippen molar-refractivity contribution in [3.05, 3.63) is 35.6 Å². The Hall–Kier alpha value is -2.44. The number of nitrogens with zero attached hydrogens (tertiary/aromatic N) is 1. The minimum Gasteiger partial charge on any atom is -0.455 e. The molecule has 1 fully saturated rings. The van der Waals surface area contributed by atoms with E-state index in [1.165, 1.54) is 24.3 Å². The fourth-order valence-corrected chi connectivity index (χ4v) is 3.17. The highest BCUT2D eigenvalue weighted by Crippen LogP contribution is 2.20. The van der Waals surface area contributed by atoms with E-state index >= 15 is 0 Å². The Bertz CT molecular complexity index is 654. The van der Waals surface area contributed by atoms with Gasteiger partial charge in [0, 0.05) is 24.7 Å². The van der Waals surface area contributed by atoms with Gasteiger partial charge in [-0.05, 0) is 50.5 Å². The van der Waals surface area contributed by atoms with Gasteiger partial charge in [-0.25, -0.2) is 4.39 Å². The number of esters is 1. The summed E-state index contributed by atoms with van der Waals surface area (Å²) in [4.78, 5) is 38.0. The largest absolute Gasteiger partial charge is 0.455 e. The Balaban J connectivity index is 1.74. The Morgan fingerprint density at radius 1 is 1.22 bits per heavy atom. The Morgan fingerprint density at radius 2 is 1.85 bits per heavy atom. The highest BCUT2D eigenvalue weighted by Gasteiger charge is 2.29. The monoisotopic (exact) mass is 378 g/mol. The van der Waals surface area contributed by atoms with Gasteiger partial charge < -0.3 is 15.0 Å². The molecule has 1 saturated heterocycles. The van der Waals surface area contributed by atoms with Crippen molar-refractivity contribution in [3.8, 4) is 0 Å². The van der Waals surface area contributed by atoms with Crippen LogP contribution in [0.1, 0.15) is 49.9 Å². The van der Waals surface area contributed by atoms with Gasteiger partial charge in [-0.1, -0.05) is 13.3 Å². The quantitative estimate of drug-likeness (QED) is 0.740. The lowest BCUT2D eigenvalue weighted by Crippen LogP contribution is -2.41. The molecule has 1 aromatic carbocycles. The summed E-state index contributed by atoms with van der Waals surface area (Å²) in [5.74, 6) is -1.58. The van der Waals surface area contributed by atoms with Crippen molar-refractivity contribution >= 4 is 17.8 Å². The van der Waals surface area contributed by atoms with Crippen molar-refractivity contribution in [1.29, 1.82) is 0 Å². The molecule has 0 saturated carbocycles. The van der Waals surface area contributed by atoms with Crippen molar-refractivity contribution in [3.63, 3.8) is 0 Å². The molecule has 0 aromatic heterocycles. The van der Waals surface area contributed by atoms with Crippen LogP contribution in [0.15, 0.2) is 24.3 Å². The number of carbonyl (C=O) groups excluding carboxylic acids is 3. The second-order valence-electron chi connectivity index (χ2n) is 6.94. The highest BCUT2D eigenvalue weighted by molar-refractivity contribution is 5.94. The first-order valence-electron chi connectivity index (χ1n) is 9.41. The van der Waals surface area contributed by atoms with Crippen LogP contribution in [0, 0.1) is 11.7 Å². The van der Waals surface area contributed by atoms with Gasteiger partial charge in [0.1, 0.15) is 5.82 Å². The van der Waals surface area contributed by atoms with Crippen molar-refractivity contribution in [2.75, 3.05) is 19.7 Å². The minimum atomic E-state index is -0.401. The molecule has 0 unspecified atom stereocenters. The third-order valence-corrected chi connectivity index (χ3v) is 4.68. The van der Waals surface area contributed by atoms with E-state index in [2.05, 4.69) is 5.32 Å². The van der Waals surface area contributed by atoms with E-state index in [0.717, 1.165) is 12.8 Å². The van der Waals surface area contributed by atoms with Crippen LogP contribution >= 0.6 is 0 Å². The Morgan fingerprint density at radius 3 is 2.44 bits per heavy atom. The molecule has 7 heteroatoms. The summed E-state index contributed by atoms with van der Waals surface area (Å²) < 4.78 is 18.1. The molecule has 2 rings (SSSR count). The van der Waals surface area contributed by atoms with Crippen LogP contribution in [0.25, 0.3) is 0 Å². The predicted molar refractivity (Wildman–Crippen MR) is 98.5 cm³/mol. The molecular weight excluding hydrogens is 351 g/mol. The number of piperidine rings is 1. The summed E-state index contributed by atoms with van der Waals surface area (Å²) in [5.41, 5.74) is 0.426. The number of carbonyl (C=O) groups is 3. The molecule has 0 bridgehead atoms. The van der Waals surface area contributed by atoms with Crippen LogP contribution in [-0.2, 0) is 14.3 Å². The van der Waals surface area contributed by atoms with Crippen LogP contribution in [0.5, 0.6) is 0 Å². The maximum absolute atomic E-state index is 13.0. The Labute approximate surface area is 159 Å². The van der Waals surface area contributed by atoms with E-state index in [0.29, 0.717) is 31.5 Å². The third kappa shape index (κ3) is 6.34. The molecule has 1 atom stereocenters. The number of hydrogen-bond donors (Lipinski definition) is 1. The normalized spacial score (nSPS) is 15.9. The van der Waals surface area contributed by atoms with Crippen LogP contribution < -0.4 is 5.32 Å². The summed E-state index contributed by atoms with van der Waals surface area (Å²) in [7, 11) is 0. The van der Waals surface area contributed by atoms with Gasteiger partial charge in [0.25, 0.3) is 11.8 Å². The second kappa shape index (κ2) is 10.0. The number of amides is 2. The molecule has 1 aliphatic rings. The first-order valence-corrected chi connectivity index (χ1v) is 9.41. The fourth-order valence-electron chi connectivity index (χ4n) is 3.17. The van der Waals surface area contributed by atoms with Crippen molar-refractivity contribution in [1.82, 2.24) is 10.2 Å². The van der Waals surface area contributed by atoms with Gasteiger partial charge in [0.15, 0.2) is 6.61 Å². The molecule has 2 amide bonds. The highest BCUT2D eigenvalue weighted by atomic mass is 19.1. The number of halogens is 1. The van der Waals surface area contributed by atoms with E-state index in [9.17, 15) is 18.8 Å². The van der Waals surface area contributed by atoms with Gasteiger partial charge in [-0.2, -0.15) is 0 Å². The van der Waals surface area contributed by atoms with Crippen LogP contribution in [0.2, 0.25) is 0 Å². The maximum Gasteiger partial charge on any atom is 0.309 e. The molecule has 1 aromatic rings. The molecule has 6 nitrogen and oxygen atoms in total. The standard InChI is InChI=1S/C20H27FN2O4/c1-3-4-14(2)22-18(24)13-27-20(26)16-9-11-23(12-10-16)19(25)15-5-7-17(21)8-6-15/h5-8,14,16H,3-4,9-13H2,1-2H3,(H,22,24)/t14-/m1/s1. The minimum absolute atomic E-state index is 0.0573. The summed E-state index contributed by atoms with van der Waals surface area (Å²) in [6, 6.07) is 5.47. The lowest BCUT2D eigenvalue weighted by Gasteiger charge is -2.31. The average Bonchev–Trinajstić information content (AvgIpc) is 2.66. The predicted octanol–water partition coefficient (Wildman–Crippen LogP) is 2.53. The number of benzene rings is 1. The van der Waals surface area contributed by atoms with E-state index in [1.807, 2.05) is 13.8 Å². The molecule has 1 heterocycles. The number of nitrogens with one attached hydrogen (secondary N) is 1. The van der Waals surface area contributed by atoms with Gasteiger partial charge in [-0.3, -0.25) is 14.4 Å². The first-order chi connectivity index (χ1) is 12.9. The van der Waals surface area contributed by atoms with Gasteiger partial charge in [0.05, 0.1) is 5.92 Å². The zero-order chi connectivity index (χ0) is 19.8.